The van der Waals surface area contributed by atoms with Crippen molar-refractivity contribution in [1.82, 2.24) is 0 Å². The molecule has 0 unspecified atom stereocenters. The van der Waals surface area contributed by atoms with Crippen LogP contribution < -0.4 is 0 Å². The lowest BCUT2D eigenvalue weighted by atomic mass is 9.65. The molecule has 0 aromatic rings. The molecule has 0 heterocycles. The summed E-state index contributed by atoms with van der Waals surface area (Å²) in [5, 5.41) is 0.345. The van der Waals surface area contributed by atoms with Crippen molar-refractivity contribution in [3.63, 3.8) is 0 Å². The van der Waals surface area contributed by atoms with E-state index in [0.717, 1.165) is 5.92 Å². The van der Waals surface area contributed by atoms with Gasteiger partial charge in [0.25, 0.3) is 0 Å². The molecule has 0 bridgehead atoms. The summed E-state index contributed by atoms with van der Waals surface area (Å²) < 4.78 is 5.94. The van der Waals surface area contributed by atoms with Gasteiger partial charge in [-0.05, 0) is 55.1 Å². The second kappa shape index (κ2) is 8.33. The molecule has 22 heavy (non-hydrogen) atoms. The topological polar surface area (TPSA) is 9.23 Å². The molecule has 0 saturated heterocycles. The third-order valence-corrected chi connectivity index (χ3v) is 9.96. The van der Waals surface area contributed by atoms with E-state index in [4.69, 9.17) is 4.43 Å². The van der Waals surface area contributed by atoms with Crippen LogP contribution in [0.3, 0.4) is 0 Å². The molecule has 0 spiro atoms. The lowest BCUT2D eigenvalue weighted by Gasteiger charge is -2.40. The van der Waals surface area contributed by atoms with Crippen LogP contribution in [0.1, 0.15) is 89.5 Å². The molecule has 0 aliphatic carbocycles. The Bertz CT molecular complexity index is 269. The Labute approximate surface area is 143 Å². The fraction of sp³-hybridized carbons (Fsp3) is 1.00. The third kappa shape index (κ3) is 9.35. The summed E-state index contributed by atoms with van der Waals surface area (Å²) in [5.74, 6) is 0.809. The average molecular weight is 331 g/mol. The van der Waals surface area contributed by atoms with Gasteiger partial charge in [0.05, 0.1) is 0 Å². The molecule has 0 atom stereocenters. The summed E-state index contributed by atoms with van der Waals surface area (Å²) in [6.07, 6.45) is 1.69. The van der Waals surface area contributed by atoms with E-state index in [1.807, 2.05) is 0 Å². The van der Waals surface area contributed by atoms with Gasteiger partial charge >= 0.3 is 0 Å². The van der Waals surface area contributed by atoms with Crippen LogP contribution >= 0.6 is 0 Å². The molecule has 0 aliphatic heterocycles. The second-order valence-corrected chi connectivity index (χ2v) is 15.4. The van der Waals surface area contributed by atoms with E-state index in [9.17, 15) is 0 Å². The fourth-order valence-corrected chi connectivity index (χ4v) is 3.62. The maximum atomic E-state index is 5.94. The zero-order valence-corrected chi connectivity index (χ0v) is 19.3. The lowest BCUT2D eigenvalue weighted by Crippen LogP contribution is -2.42. The quantitative estimate of drug-likeness (QED) is 0.484. The zero-order valence-electron chi connectivity index (χ0n) is 18.3. The first-order chi connectivity index (χ1) is 9.33. The Morgan fingerprint density at radius 2 is 1.14 bits per heavy atom. The summed E-state index contributed by atoms with van der Waals surface area (Å²) in [5.41, 5.74) is 0.887. The first-order valence-electron chi connectivity index (χ1n) is 9.01. The van der Waals surface area contributed by atoms with Crippen LogP contribution in [0, 0.1) is 16.7 Å². The van der Waals surface area contributed by atoms with E-state index >= 15 is 0 Å². The van der Waals surface area contributed by atoms with E-state index < -0.39 is 8.32 Å². The Hall–Kier alpha value is 0.177. The minimum atomic E-state index is -1.47. The normalized spacial score (nSPS) is 14.2. The van der Waals surface area contributed by atoms with Crippen molar-refractivity contribution in [3.05, 3.63) is 0 Å². The van der Waals surface area contributed by atoms with Crippen LogP contribution in [-0.2, 0) is 4.43 Å². The van der Waals surface area contributed by atoms with Gasteiger partial charge in [0.1, 0.15) is 0 Å². The van der Waals surface area contributed by atoms with Gasteiger partial charge in [-0.2, -0.15) is 0 Å². The summed E-state index contributed by atoms with van der Waals surface area (Å²) in [6, 6.07) is 0. The highest BCUT2D eigenvalue weighted by Crippen LogP contribution is 2.42. The van der Waals surface area contributed by atoms with E-state index in [0.29, 0.717) is 22.0 Å². The smallest absolute Gasteiger partial charge is 0.192 e. The van der Waals surface area contributed by atoms with Crippen LogP contribution in [0.2, 0.25) is 18.1 Å². The predicted molar refractivity (Wildman–Crippen MR) is 106 cm³/mol. The van der Waals surface area contributed by atoms with Gasteiger partial charge in [-0.1, -0.05) is 69.2 Å². The highest BCUT2D eigenvalue weighted by atomic mass is 28.4. The molecule has 0 amide bonds. The minimum absolute atomic E-state index is 0.345. The standard InChI is InChI=1S/C11H24.C9H22OSi/c1-9(2)8-11(6,7)10(3,4)5;1-8(2)10-11(6,7)9(3,4)5/h9H,8H2,1-7H3;8H,1-7H3. The van der Waals surface area contributed by atoms with Gasteiger partial charge in [0, 0.05) is 6.10 Å². The molecule has 0 rings (SSSR count). The monoisotopic (exact) mass is 330 g/mol. The van der Waals surface area contributed by atoms with E-state index in [2.05, 4.69) is 96.2 Å². The fourth-order valence-electron chi connectivity index (χ4n) is 2.09. The second-order valence-electron chi connectivity index (χ2n) is 10.7. The lowest BCUT2D eigenvalue weighted by molar-refractivity contribution is 0.102. The highest BCUT2D eigenvalue weighted by molar-refractivity contribution is 6.74. The Balaban J connectivity index is 0. The van der Waals surface area contributed by atoms with E-state index in [-0.39, 0.29) is 0 Å². The highest BCUT2D eigenvalue weighted by Gasteiger charge is 2.37. The number of hydrogen-bond acceptors (Lipinski definition) is 1. The van der Waals surface area contributed by atoms with Crippen molar-refractivity contribution in [2.24, 2.45) is 16.7 Å². The zero-order chi connectivity index (χ0) is 18.6. The van der Waals surface area contributed by atoms with Crippen LogP contribution in [0.4, 0.5) is 0 Å². The summed E-state index contributed by atoms with van der Waals surface area (Å²) in [6.45, 7) is 31.9. The molecule has 0 aromatic carbocycles. The molecule has 0 N–H and O–H groups in total. The van der Waals surface area contributed by atoms with Crippen molar-refractivity contribution >= 4 is 8.32 Å². The molecule has 0 aliphatic rings. The molecule has 0 aromatic heterocycles. The molecule has 0 radical (unpaired) electrons. The first kappa shape index (κ1) is 24.4. The molecular formula is C20H46OSi. The van der Waals surface area contributed by atoms with Crippen LogP contribution in [0.15, 0.2) is 0 Å². The number of rotatable bonds is 4. The van der Waals surface area contributed by atoms with Crippen molar-refractivity contribution in [2.75, 3.05) is 0 Å². The van der Waals surface area contributed by atoms with Crippen molar-refractivity contribution in [3.8, 4) is 0 Å². The molecule has 136 valence electrons. The predicted octanol–water partition coefficient (Wildman–Crippen LogP) is 7.52. The van der Waals surface area contributed by atoms with Crippen molar-refractivity contribution in [1.29, 1.82) is 0 Å². The van der Waals surface area contributed by atoms with Gasteiger partial charge in [0.2, 0.25) is 0 Å². The van der Waals surface area contributed by atoms with Gasteiger partial charge in [0.15, 0.2) is 8.32 Å². The van der Waals surface area contributed by atoms with Gasteiger partial charge < -0.3 is 4.43 Å². The molecule has 1 nitrogen and oxygen atoms in total. The van der Waals surface area contributed by atoms with Crippen molar-refractivity contribution < 1.29 is 4.43 Å². The van der Waals surface area contributed by atoms with Crippen LogP contribution in [-0.4, -0.2) is 14.4 Å². The molecule has 0 saturated carbocycles. The molecule has 2 heteroatoms. The maximum absolute atomic E-state index is 5.94. The van der Waals surface area contributed by atoms with Gasteiger partial charge in [-0.3, -0.25) is 0 Å². The maximum Gasteiger partial charge on any atom is 0.192 e. The van der Waals surface area contributed by atoms with Crippen molar-refractivity contribution in [2.45, 2.75) is 114 Å². The SMILES string of the molecule is CC(C)CC(C)(C)C(C)(C)C.CC(C)O[Si](C)(C)C(C)(C)C. The van der Waals surface area contributed by atoms with E-state index in [1.54, 1.807) is 0 Å². The third-order valence-electron chi connectivity index (χ3n) is 5.29. The average Bonchev–Trinajstić information content (AvgIpc) is 2.09. The van der Waals surface area contributed by atoms with Crippen LogP contribution in [0.25, 0.3) is 0 Å². The summed E-state index contributed by atoms with van der Waals surface area (Å²) >= 11 is 0. The Kier molecular flexibility index (Phi) is 9.25. The Morgan fingerprint density at radius 3 is 1.23 bits per heavy atom. The molecule has 0 fully saturated rings. The summed E-state index contributed by atoms with van der Waals surface area (Å²) in [4.78, 5) is 0. The minimum Gasteiger partial charge on any atom is -0.415 e. The molecular weight excluding hydrogens is 284 g/mol. The van der Waals surface area contributed by atoms with E-state index in [1.165, 1.54) is 6.42 Å². The van der Waals surface area contributed by atoms with Crippen LogP contribution in [0.5, 0.6) is 0 Å². The first-order valence-corrected chi connectivity index (χ1v) is 11.9. The Morgan fingerprint density at radius 1 is 0.773 bits per heavy atom. The number of hydrogen-bond donors (Lipinski definition) is 0. The van der Waals surface area contributed by atoms with Gasteiger partial charge in [-0.25, -0.2) is 0 Å². The summed E-state index contributed by atoms with van der Waals surface area (Å²) in [7, 11) is -1.47. The van der Waals surface area contributed by atoms with Gasteiger partial charge in [-0.15, -0.1) is 0 Å². The largest absolute Gasteiger partial charge is 0.415 e.